The van der Waals surface area contributed by atoms with E-state index in [9.17, 15) is 5.11 Å². The van der Waals surface area contributed by atoms with Gasteiger partial charge in [-0.1, -0.05) is 52.9 Å². The zero-order valence-corrected chi connectivity index (χ0v) is 10.7. The van der Waals surface area contributed by atoms with Crippen LogP contribution in [0.3, 0.4) is 0 Å². The van der Waals surface area contributed by atoms with E-state index in [0.29, 0.717) is 11.8 Å². The summed E-state index contributed by atoms with van der Waals surface area (Å²) in [7, 11) is 0. The molecule has 0 saturated heterocycles. The summed E-state index contributed by atoms with van der Waals surface area (Å²) >= 11 is 0. The molecule has 1 saturated carbocycles. The minimum atomic E-state index is -0.0645. The molecule has 1 heteroatoms. The second kappa shape index (κ2) is 6.52. The molecule has 1 nitrogen and oxygen atoms in total. The van der Waals surface area contributed by atoms with Crippen LogP contribution in [0.2, 0.25) is 0 Å². The Morgan fingerprint density at radius 3 is 2.47 bits per heavy atom. The molecule has 0 aliphatic heterocycles. The van der Waals surface area contributed by atoms with Crippen molar-refractivity contribution in [3.63, 3.8) is 0 Å². The third-order valence-corrected chi connectivity index (χ3v) is 4.00. The first-order chi connectivity index (χ1) is 7.15. The number of hydrogen-bond donors (Lipinski definition) is 1. The summed E-state index contributed by atoms with van der Waals surface area (Å²) in [4.78, 5) is 0. The molecule has 3 atom stereocenters. The average molecular weight is 212 g/mol. The highest BCUT2D eigenvalue weighted by molar-refractivity contribution is 4.77. The van der Waals surface area contributed by atoms with Gasteiger partial charge in [-0.25, -0.2) is 0 Å². The third kappa shape index (κ3) is 4.14. The largest absolute Gasteiger partial charge is 0.393 e. The molecule has 1 aliphatic rings. The minimum Gasteiger partial charge on any atom is -0.393 e. The van der Waals surface area contributed by atoms with E-state index in [4.69, 9.17) is 0 Å². The van der Waals surface area contributed by atoms with Crippen LogP contribution in [0.5, 0.6) is 0 Å². The van der Waals surface area contributed by atoms with Crippen molar-refractivity contribution in [2.24, 2.45) is 17.8 Å². The van der Waals surface area contributed by atoms with E-state index in [2.05, 4.69) is 20.8 Å². The molecule has 0 aromatic carbocycles. The van der Waals surface area contributed by atoms with Crippen LogP contribution in [0.15, 0.2) is 0 Å². The molecular formula is C14H28O. The number of hydrogen-bond acceptors (Lipinski definition) is 1. The van der Waals surface area contributed by atoms with Crippen LogP contribution in [0.25, 0.3) is 0 Å². The maximum atomic E-state index is 10.1. The van der Waals surface area contributed by atoms with Crippen LogP contribution >= 0.6 is 0 Å². The molecule has 3 unspecified atom stereocenters. The summed E-state index contributed by atoms with van der Waals surface area (Å²) in [5, 5.41) is 10.1. The summed E-state index contributed by atoms with van der Waals surface area (Å²) in [6.45, 7) is 6.56. The Bertz CT molecular complexity index is 165. The third-order valence-electron chi connectivity index (χ3n) is 4.00. The molecule has 1 aliphatic carbocycles. The lowest BCUT2D eigenvalue weighted by molar-refractivity contribution is 0.0565. The van der Waals surface area contributed by atoms with Gasteiger partial charge in [0.05, 0.1) is 6.10 Å². The van der Waals surface area contributed by atoms with Crippen molar-refractivity contribution in [2.75, 3.05) is 0 Å². The Morgan fingerprint density at radius 1 is 1.13 bits per heavy atom. The highest BCUT2D eigenvalue weighted by Gasteiger charge is 2.25. The second-order valence-electron chi connectivity index (χ2n) is 5.66. The molecule has 15 heavy (non-hydrogen) atoms. The highest BCUT2D eigenvalue weighted by atomic mass is 16.3. The summed E-state index contributed by atoms with van der Waals surface area (Å²) in [5.74, 6) is 1.95. The Morgan fingerprint density at radius 2 is 1.87 bits per heavy atom. The normalized spacial score (nSPS) is 30.2. The fourth-order valence-corrected chi connectivity index (χ4v) is 2.99. The summed E-state index contributed by atoms with van der Waals surface area (Å²) in [6.07, 6.45) is 9.23. The van der Waals surface area contributed by atoms with Crippen LogP contribution in [0, 0.1) is 17.8 Å². The van der Waals surface area contributed by atoms with Crippen LogP contribution in [-0.4, -0.2) is 11.2 Å². The van der Waals surface area contributed by atoms with Gasteiger partial charge in [-0.05, 0) is 30.6 Å². The first kappa shape index (κ1) is 13.0. The lowest BCUT2D eigenvalue weighted by atomic mass is 9.87. The van der Waals surface area contributed by atoms with Gasteiger partial charge in [0.25, 0.3) is 0 Å². The van der Waals surface area contributed by atoms with Gasteiger partial charge in [0.15, 0.2) is 0 Å². The van der Waals surface area contributed by atoms with E-state index in [-0.39, 0.29) is 6.10 Å². The summed E-state index contributed by atoms with van der Waals surface area (Å²) < 4.78 is 0. The molecule has 0 radical (unpaired) electrons. The van der Waals surface area contributed by atoms with Gasteiger partial charge in [0.2, 0.25) is 0 Å². The van der Waals surface area contributed by atoms with Crippen LogP contribution in [0.1, 0.15) is 65.7 Å². The summed E-state index contributed by atoms with van der Waals surface area (Å²) in [6, 6.07) is 0. The van der Waals surface area contributed by atoms with Crippen LogP contribution in [-0.2, 0) is 0 Å². The lowest BCUT2D eigenvalue weighted by Crippen LogP contribution is -2.25. The molecule has 0 bridgehead atoms. The van der Waals surface area contributed by atoms with Gasteiger partial charge < -0.3 is 5.11 Å². The number of aliphatic hydroxyl groups excluding tert-OH is 1. The average Bonchev–Trinajstić information content (AvgIpc) is 2.43. The monoisotopic (exact) mass is 212 g/mol. The van der Waals surface area contributed by atoms with Gasteiger partial charge in [-0.2, -0.15) is 0 Å². The molecule has 90 valence electrons. The Kier molecular flexibility index (Phi) is 5.66. The van der Waals surface area contributed by atoms with E-state index >= 15 is 0 Å². The van der Waals surface area contributed by atoms with Crippen LogP contribution < -0.4 is 0 Å². The quantitative estimate of drug-likeness (QED) is 0.698. The maximum absolute atomic E-state index is 10.1. The van der Waals surface area contributed by atoms with E-state index in [1.165, 1.54) is 44.9 Å². The standard InChI is InChI=1S/C14H28O/c1-4-6-12-7-5-8-13(10-9-12)14(15)11(2)3/h11-15H,4-10H2,1-3H3. The van der Waals surface area contributed by atoms with Crippen molar-refractivity contribution in [2.45, 2.75) is 71.8 Å². The molecule has 0 aromatic rings. The van der Waals surface area contributed by atoms with E-state index in [0.717, 1.165) is 5.92 Å². The molecule has 0 spiro atoms. The van der Waals surface area contributed by atoms with Gasteiger partial charge in [-0.15, -0.1) is 0 Å². The Labute approximate surface area is 95.3 Å². The van der Waals surface area contributed by atoms with E-state index in [1.807, 2.05) is 0 Å². The Balaban J connectivity index is 2.38. The van der Waals surface area contributed by atoms with Crippen molar-refractivity contribution in [1.29, 1.82) is 0 Å². The van der Waals surface area contributed by atoms with Gasteiger partial charge in [0, 0.05) is 0 Å². The van der Waals surface area contributed by atoms with Crippen molar-refractivity contribution in [3.8, 4) is 0 Å². The smallest absolute Gasteiger partial charge is 0.0591 e. The SMILES string of the molecule is CCCC1CCCC(C(O)C(C)C)CC1. The predicted molar refractivity (Wildman–Crippen MR) is 65.8 cm³/mol. The molecule has 1 N–H and O–H groups in total. The van der Waals surface area contributed by atoms with Crippen molar-refractivity contribution >= 4 is 0 Å². The predicted octanol–water partition coefficient (Wildman–Crippen LogP) is 4.00. The summed E-state index contributed by atoms with van der Waals surface area (Å²) in [5.41, 5.74) is 0. The van der Waals surface area contributed by atoms with Crippen molar-refractivity contribution < 1.29 is 5.11 Å². The first-order valence-corrected chi connectivity index (χ1v) is 6.83. The van der Waals surface area contributed by atoms with E-state index < -0.39 is 0 Å². The zero-order valence-electron chi connectivity index (χ0n) is 10.7. The molecular weight excluding hydrogens is 184 g/mol. The highest BCUT2D eigenvalue weighted by Crippen LogP contribution is 2.33. The van der Waals surface area contributed by atoms with Crippen molar-refractivity contribution in [3.05, 3.63) is 0 Å². The number of aliphatic hydroxyl groups is 1. The second-order valence-corrected chi connectivity index (χ2v) is 5.66. The van der Waals surface area contributed by atoms with Gasteiger partial charge in [0.1, 0.15) is 0 Å². The molecule has 1 fully saturated rings. The van der Waals surface area contributed by atoms with Crippen molar-refractivity contribution in [1.82, 2.24) is 0 Å². The first-order valence-electron chi connectivity index (χ1n) is 6.83. The maximum Gasteiger partial charge on any atom is 0.0591 e. The fraction of sp³-hybridized carbons (Fsp3) is 1.00. The van der Waals surface area contributed by atoms with Crippen LogP contribution in [0.4, 0.5) is 0 Å². The molecule has 1 rings (SSSR count). The number of rotatable bonds is 4. The van der Waals surface area contributed by atoms with Gasteiger partial charge >= 0.3 is 0 Å². The fourth-order valence-electron chi connectivity index (χ4n) is 2.99. The minimum absolute atomic E-state index is 0.0645. The van der Waals surface area contributed by atoms with Gasteiger partial charge in [-0.3, -0.25) is 0 Å². The van der Waals surface area contributed by atoms with E-state index in [1.54, 1.807) is 0 Å². The molecule has 0 heterocycles. The molecule has 0 aromatic heterocycles. The molecule has 0 amide bonds. The zero-order chi connectivity index (χ0) is 11.3. The Hall–Kier alpha value is -0.0400. The topological polar surface area (TPSA) is 20.2 Å². The lowest BCUT2D eigenvalue weighted by Gasteiger charge is -2.24.